The predicted molar refractivity (Wildman–Crippen MR) is 89.6 cm³/mol. The second-order valence-corrected chi connectivity index (χ2v) is 5.96. The van der Waals surface area contributed by atoms with Crippen molar-refractivity contribution in [2.75, 3.05) is 11.9 Å². The molecule has 1 N–H and O–H groups in total. The lowest BCUT2D eigenvalue weighted by Crippen LogP contribution is -2.07. The standard InChI is InChI=1S/C18H25N3/c1-6-19-16-11-15(10-12(2)3)20-18(21-16)17-13(4)8-7-9-14(17)5/h7-9,11-12H,6,10H2,1-5H3,(H,19,20,21). The number of aryl methyl sites for hydroxylation is 2. The minimum Gasteiger partial charge on any atom is -0.370 e. The molecule has 0 bridgehead atoms. The molecule has 0 aliphatic carbocycles. The lowest BCUT2D eigenvalue weighted by molar-refractivity contribution is 0.635. The third kappa shape index (κ3) is 3.81. The highest BCUT2D eigenvalue weighted by Gasteiger charge is 2.12. The van der Waals surface area contributed by atoms with Gasteiger partial charge in [-0.15, -0.1) is 0 Å². The average molecular weight is 283 g/mol. The Hall–Kier alpha value is -1.90. The van der Waals surface area contributed by atoms with Crippen molar-refractivity contribution in [3.8, 4) is 11.4 Å². The van der Waals surface area contributed by atoms with Crippen LogP contribution in [0.4, 0.5) is 5.82 Å². The molecule has 3 nitrogen and oxygen atoms in total. The van der Waals surface area contributed by atoms with E-state index in [1.54, 1.807) is 0 Å². The molecule has 0 amide bonds. The Kier molecular flexibility index (Phi) is 4.94. The Bertz CT molecular complexity index is 598. The Morgan fingerprint density at radius 2 is 1.76 bits per heavy atom. The molecule has 0 unspecified atom stereocenters. The second-order valence-electron chi connectivity index (χ2n) is 5.96. The van der Waals surface area contributed by atoms with E-state index < -0.39 is 0 Å². The Labute approximate surface area is 127 Å². The molecule has 0 radical (unpaired) electrons. The number of hydrogen-bond acceptors (Lipinski definition) is 3. The molecule has 0 saturated heterocycles. The number of benzene rings is 1. The normalized spacial score (nSPS) is 11.0. The van der Waals surface area contributed by atoms with Crippen molar-refractivity contribution in [1.82, 2.24) is 9.97 Å². The van der Waals surface area contributed by atoms with Gasteiger partial charge in [0.2, 0.25) is 0 Å². The van der Waals surface area contributed by atoms with Gasteiger partial charge in [0.25, 0.3) is 0 Å². The van der Waals surface area contributed by atoms with Crippen LogP contribution in [0.5, 0.6) is 0 Å². The van der Waals surface area contributed by atoms with Crippen LogP contribution in [-0.2, 0) is 6.42 Å². The zero-order chi connectivity index (χ0) is 15.4. The lowest BCUT2D eigenvalue weighted by Gasteiger charge is -2.13. The molecule has 0 atom stereocenters. The van der Waals surface area contributed by atoms with E-state index >= 15 is 0 Å². The molecule has 1 aromatic carbocycles. The first-order valence-corrected chi connectivity index (χ1v) is 7.69. The summed E-state index contributed by atoms with van der Waals surface area (Å²) in [5.41, 5.74) is 4.70. The van der Waals surface area contributed by atoms with Crippen molar-refractivity contribution in [3.05, 3.63) is 41.1 Å². The van der Waals surface area contributed by atoms with Crippen molar-refractivity contribution in [1.29, 1.82) is 0 Å². The molecule has 1 aromatic heterocycles. The molecule has 112 valence electrons. The molecule has 1 heterocycles. The summed E-state index contributed by atoms with van der Waals surface area (Å²) in [6.45, 7) is 11.6. The molecule has 3 heteroatoms. The van der Waals surface area contributed by atoms with Crippen LogP contribution in [0.3, 0.4) is 0 Å². The Balaban J connectivity index is 2.54. The molecule has 0 fully saturated rings. The molecule has 0 saturated carbocycles. The first-order valence-electron chi connectivity index (χ1n) is 7.69. The van der Waals surface area contributed by atoms with E-state index in [4.69, 9.17) is 9.97 Å². The van der Waals surface area contributed by atoms with Crippen LogP contribution in [0, 0.1) is 19.8 Å². The van der Waals surface area contributed by atoms with E-state index in [1.165, 1.54) is 11.1 Å². The summed E-state index contributed by atoms with van der Waals surface area (Å²) in [7, 11) is 0. The maximum absolute atomic E-state index is 4.80. The molecular weight excluding hydrogens is 258 g/mol. The maximum Gasteiger partial charge on any atom is 0.162 e. The highest BCUT2D eigenvalue weighted by Crippen LogP contribution is 2.26. The van der Waals surface area contributed by atoms with Gasteiger partial charge in [-0.3, -0.25) is 0 Å². The highest BCUT2D eigenvalue weighted by molar-refractivity contribution is 5.65. The molecule has 2 rings (SSSR count). The largest absolute Gasteiger partial charge is 0.370 e. The number of aromatic nitrogens is 2. The van der Waals surface area contributed by atoms with Crippen LogP contribution in [0.2, 0.25) is 0 Å². The monoisotopic (exact) mass is 283 g/mol. The van der Waals surface area contributed by atoms with Gasteiger partial charge in [0.1, 0.15) is 5.82 Å². The summed E-state index contributed by atoms with van der Waals surface area (Å²) < 4.78 is 0. The summed E-state index contributed by atoms with van der Waals surface area (Å²) >= 11 is 0. The first-order chi connectivity index (χ1) is 10.0. The second kappa shape index (κ2) is 6.70. The van der Waals surface area contributed by atoms with Crippen molar-refractivity contribution < 1.29 is 0 Å². The van der Waals surface area contributed by atoms with E-state index in [1.807, 2.05) is 0 Å². The quantitative estimate of drug-likeness (QED) is 0.884. The van der Waals surface area contributed by atoms with E-state index in [0.717, 1.165) is 35.9 Å². The summed E-state index contributed by atoms with van der Waals surface area (Å²) in [4.78, 5) is 9.50. The van der Waals surface area contributed by atoms with Crippen molar-refractivity contribution in [3.63, 3.8) is 0 Å². The van der Waals surface area contributed by atoms with E-state index in [2.05, 4.69) is 64.2 Å². The van der Waals surface area contributed by atoms with Gasteiger partial charge in [-0.2, -0.15) is 0 Å². The summed E-state index contributed by atoms with van der Waals surface area (Å²) in [6.07, 6.45) is 0.971. The number of rotatable bonds is 5. The maximum atomic E-state index is 4.80. The minimum absolute atomic E-state index is 0.584. The minimum atomic E-state index is 0.584. The van der Waals surface area contributed by atoms with Gasteiger partial charge in [-0.05, 0) is 44.2 Å². The third-order valence-corrected chi connectivity index (χ3v) is 3.46. The smallest absolute Gasteiger partial charge is 0.162 e. The van der Waals surface area contributed by atoms with Gasteiger partial charge < -0.3 is 5.32 Å². The van der Waals surface area contributed by atoms with Crippen LogP contribution >= 0.6 is 0 Å². The Morgan fingerprint density at radius 1 is 1.10 bits per heavy atom. The van der Waals surface area contributed by atoms with Gasteiger partial charge in [0, 0.05) is 23.9 Å². The van der Waals surface area contributed by atoms with E-state index in [9.17, 15) is 0 Å². The topological polar surface area (TPSA) is 37.8 Å². The van der Waals surface area contributed by atoms with Gasteiger partial charge in [0.05, 0.1) is 0 Å². The van der Waals surface area contributed by atoms with Gasteiger partial charge in [0.15, 0.2) is 5.82 Å². The SMILES string of the molecule is CCNc1cc(CC(C)C)nc(-c2c(C)cccc2C)n1. The van der Waals surface area contributed by atoms with Crippen LogP contribution in [-0.4, -0.2) is 16.5 Å². The van der Waals surface area contributed by atoms with Crippen LogP contribution in [0.25, 0.3) is 11.4 Å². The fourth-order valence-electron chi connectivity index (χ4n) is 2.57. The first kappa shape index (κ1) is 15.5. The number of nitrogens with one attached hydrogen (secondary N) is 1. The Morgan fingerprint density at radius 3 is 2.33 bits per heavy atom. The fraction of sp³-hybridized carbons (Fsp3) is 0.444. The predicted octanol–water partition coefficient (Wildman–Crippen LogP) is 4.39. The van der Waals surface area contributed by atoms with Gasteiger partial charge >= 0.3 is 0 Å². The van der Waals surface area contributed by atoms with Crippen molar-refractivity contribution >= 4 is 5.82 Å². The van der Waals surface area contributed by atoms with Gasteiger partial charge in [-0.1, -0.05) is 32.0 Å². The molecule has 0 aliphatic rings. The molecule has 0 spiro atoms. The van der Waals surface area contributed by atoms with E-state index in [-0.39, 0.29) is 0 Å². The zero-order valence-corrected chi connectivity index (χ0v) is 13.7. The fourth-order valence-corrected chi connectivity index (χ4v) is 2.57. The van der Waals surface area contributed by atoms with Crippen LogP contribution in [0.1, 0.15) is 37.6 Å². The van der Waals surface area contributed by atoms with Crippen molar-refractivity contribution in [2.24, 2.45) is 5.92 Å². The lowest BCUT2D eigenvalue weighted by atomic mass is 10.0. The van der Waals surface area contributed by atoms with Crippen LogP contribution in [0.15, 0.2) is 24.3 Å². The highest BCUT2D eigenvalue weighted by atomic mass is 15.0. The van der Waals surface area contributed by atoms with Gasteiger partial charge in [-0.25, -0.2) is 9.97 Å². The van der Waals surface area contributed by atoms with Crippen molar-refractivity contribution in [2.45, 2.75) is 41.0 Å². The average Bonchev–Trinajstić information content (AvgIpc) is 2.37. The summed E-state index contributed by atoms with van der Waals surface area (Å²) in [5.74, 6) is 2.33. The third-order valence-electron chi connectivity index (χ3n) is 3.46. The number of hydrogen-bond donors (Lipinski definition) is 1. The zero-order valence-electron chi connectivity index (χ0n) is 13.7. The summed E-state index contributed by atoms with van der Waals surface area (Å²) in [6, 6.07) is 8.39. The van der Waals surface area contributed by atoms with E-state index in [0.29, 0.717) is 5.92 Å². The molecular formula is C18H25N3. The van der Waals surface area contributed by atoms with Crippen LogP contribution < -0.4 is 5.32 Å². The molecule has 0 aliphatic heterocycles. The molecule has 2 aromatic rings. The summed E-state index contributed by atoms with van der Waals surface area (Å²) in [5, 5.41) is 3.32. The number of nitrogens with zero attached hydrogens (tertiary/aromatic N) is 2. The number of anilines is 1. The molecule has 21 heavy (non-hydrogen) atoms.